The van der Waals surface area contributed by atoms with Crippen LogP contribution in [0, 0.1) is 0 Å². The van der Waals surface area contributed by atoms with Gasteiger partial charge in [0.2, 0.25) is 0 Å². The van der Waals surface area contributed by atoms with Gasteiger partial charge in [0.1, 0.15) is 0 Å². The Labute approximate surface area is 96.6 Å². The molecule has 3 heteroatoms. The van der Waals surface area contributed by atoms with Crippen LogP contribution in [0.4, 0.5) is 4.79 Å². The molecule has 0 aromatic heterocycles. The molecule has 86 valence electrons. The molecule has 0 saturated carbocycles. The van der Waals surface area contributed by atoms with Gasteiger partial charge >= 0.3 is 6.03 Å². The Morgan fingerprint density at radius 3 is 2.56 bits per heavy atom. The highest BCUT2D eigenvalue weighted by Crippen LogP contribution is 1.97. The van der Waals surface area contributed by atoms with Crippen molar-refractivity contribution in [2.24, 2.45) is 0 Å². The maximum atomic E-state index is 11.3. The lowest BCUT2D eigenvalue weighted by molar-refractivity contribution is 0.244. The van der Waals surface area contributed by atoms with Crippen LogP contribution in [0.2, 0.25) is 0 Å². The Morgan fingerprint density at radius 1 is 1.25 bits per heavy atom. The summed E-state index contributed by atoms with van der Waals surface area (Å²) in [6.07, 6.45) is 2.54. The predicted octanol–water partition coefficient (Wildman–Crippen LogP) is 2.45. The van der Waals surface area contributed by atoms with E-state index in [2.05, 4.69) is 22.8 Å². The van der Waals surface area contributed by atoms with Gasteiger partial charge in [-0.3, -0.25) is 0 Å². The van der Waals surface area contributed by atoms with Crippen molar-refractivity contribution in [3.63, 3.8) is 0 Å². The minimum atomic E-state index is -0.155. The first kappa shape index (κ1) is 12.3. The number of hydrogen-bond acceptors (Lipinski definition) is 1. The van der Waals surface area contributed by atoms with Crippen molar-refractivity contribution in [3.8, 4) is 0 Å². The number of benzene rings is 1. The van der Waals surface area contributed by atoms with E-state index >= 15 is 0 Å². The first-order chi connectivity index (χ1) is 7.68. The second-order valence-electron chi connectivity index (χ2n) is 3.86. The summed E-state index contributed by atoms with van der Waals surface area (Å²) >= 11 is 0. The monoisotopic (exact) mass is 218 g/mol. The average molecular weight is 218 g/mol. The molecule has 3 nitrogen and oxygen atoms in total. The Kier molecular flexibility index (Phi) is 5.12. The van der Waals surface area contributed by atoms with Crippen molar-refractivity contribution in [2.45, 2.75) is 20.3 Å². The first-order valence-corrected chi connectivity index (χ1v) is 5.40. The number of carbonyl (C=O) groups is 1. The van der Waals surface area contributed by atoms with Gasteiger partial charge in [0.25, 0.3) is 0 Å². The van der Waals surface area contributed by atoms with Crippen LogP contribution in [0.1, 0.15) is 19.4 Å². The average Bonchev–Trinajstić information content (AvgIpc) is 2.28. The molecule has 1 rings (SSSR count). The second kappa shape index (κ2) is 6.67. The molecule has 1 aromatic rings. The molecule has 0 radical (unpaired) electrons. The zero-order valence-electron chi connectivity index (χ0n) is 9.79. The van der Waals surface area contributed by atoms with E-state index in [0.717, 1.165) is 12.0 Å². The summed E-state index contributed by atoms with van der Waals surface area (Å²) < 4.78 is 0. The molecular weight excluding hydrogens is 200 g/mol. The van der Waals surface area contributed by atoms with Gasteiger partial charge in [-0.15, -0.1) is 0 Å². The Bertz CT molecular complexity index is 353. The normalized spacial score (nSPS) is 9.38. The van der Waals surface area contributed by atoms with Crippen LogP contribution in [-0.4, -0.2) is 12.6 Å². The third-order valence-electron chi connectivity index (χ3n) is 2.03. The second-order valence-corrected chi connectivity index (χ2v) is 3.86. The van der Waals surface area contributed by atoms with E-state index in [1.807, 2.05) is 32.0 Å². The van der Waals surface area contributed by atoms with E-state index in [1.54, 1.807) is 6.20 Å². The van der Waals surface area contributed by atoms with E-state index in [1.165, 1.54) is 5.56 Å². The maximum Gasteiger partial charge on any atom is 0.318 e. The highest BCUT2D eigenvalue weighted by Gasteiger charge is 1.96. The summed E-state index contributed by atoms with van der Waals surface area (Å²) in [6.45, 7) is 4.51. The van der Waals surface area contributed by atoms with Crippen LogP contribution in [0.25, 0.3) is 0 Å². The Hall–Kier alpha value is -1.77. The largest absolute Gasteiger partial charge is 0.338 e. The molecule has 0 atom stereocenters. The molecule has 0 fully saturated rings. The minimum Gasteiger partial charge on any atom is -0.338 e. The number of hydrogen-bond donors (Lipinski definition) is 2. The van der Waals surface area contributed by atoms with Gasteiger partial charge in [0, 0.05) is 12.7 Å². The Balaban J connectivity index is 2.21. The van der Waals surface area contributed by atoms with Gasteiger partial charge in [0.15, 0.2) is 0 Å². The number of rotatable bonds is 4. The predicted molar refractivity (Wildman–Crippen MR) is 66.1 cm³/mol. The lowest BCUT2D eigenvalue weighted by Gasteiger charge is -2.04. The molecule has 16 heavy (non-hydrogen) atoms. The SMILES string of the molecule is CC(C)=CNC(=O)NCCc1ccccc1. The topological polar surface area (TPSA) is 41.1 Å². The molecule has 0 saturated heterocycles. The molecule has 0 aliphatic rings. The number of urea groups is 1. The highest BCUT2D eigenvalue weighted by molar-refractivity contribution is 5.74. The van der Waals surface area contributed by atoms with Gasteiger partial charge in [-0.05, 0) is 25.8 Å². The molecule has 2 amide bonds. The lowest BCUT2D eigenvalue weighted by Crippen LogP contribution is -2.33. The summed E-state index contributed by atoms with van der Waals surface area (Å²) in [7, 11) is 0. The number of nitrogens with one attached hydrogen (secondary N) is 2. The van der Waals surface area contributed by atoms with Crippen LogP contribution < -0.4 is 10.6 Å². The molecule has 0 aliphatic heterocycles. The van der Waals surface area contributed by atoms with Crippen molar-refractivity contribution in [3.05, 3.63) is 47.7 Å². The van der Waals surface area contributed by atoms with Gasteiger partial charge in [0.05, 0.1) is 0 Å². The molecule has 0 bridgehead atoms. The molecule has 0 heterocycles. The van der Waals surface area contributed by atoms with Crippen LogP contribution >= 0.6 is 0 Å². The van der Waals surface area contributed by atoms with Gasteiger partial charge in [-0.2, -0.15) is 0 Å². The van der Waals surface area contributed by atoms with E-state index in [-0.39, 0.29) is 6.03 Å². The quantitative estimate of drug-likeness (QED) is 0.800. The third kappa shape index (κ3) is 5.20. The van der Waals surface area contributed by atoms with Gasteiger partial charge in [-0.1, -0.05) is 35.9 Å². The molecule has 0 aliphatic carbocycles. The smallest absolute Gasteiger partial charge is 0.318 e. The van der Waals surface area contributed by atoms with Crippen molar-refractivity contribution in [1.29, 1.82) is 0 Å². The molecule has 0 spiro atoms. The van der Waals surface area contributed by atoms with E-state index in [4.69, 9.17) is 0 Å². The first-order valence-electron chi connectivity index (χ1n) is 5.40. The van der Waals surface area contributed by atoms with E-state index in [0.29, 0.717) is 6.54 Å². The third-order valence-corrected chi connectivity index (χ3v) is 2.03. The zero-order valence-corrected chi connectivity index (χ0v) is 9.79. The van der Waals surface area contributed by atoms with Crippen molar-refractivity contribution in [2.75, 3.05) is 6.54 Å². The van der Waals surface area contributed by atoms with Gasteiger partial charge in [-0.25, -0.2) is 4.79 Å². The van der Waals surface area contributed by atoms with E-state index in [9.17, 15) is 4.79 Å². The zero-order chi connectivity index (χ0) is 11.8. The highest BCUT2D eigenvalue weighted by atomic mass is 16.2. The van der Waals surface area contributed by atoms with Crippen LogP contribution in [0.5, 0.6) is 0 Å². The van der Waals surface area contributed by atoms with Crippen LogP contribution in [0.15, 0.2) is 42.1 Å². The fourth-order valence-corrected chi connectivity index (χ4v) is 1.23. The molecule has 2 N–H and O–H groups in total. The summed E-state index contributed by atoms with van der Waals surface area (Å²) in [6, 6.07) is 9.93. The number of amides is 2. The summed E-state index contributed by atoms with van der Waals surface area (Å²) in [5.74, 6) is 0. The Morgan fingerprint density at radius 2 is 1.94 bits per heavy atom. The summed E-state index contributed by atoms with van der Waals surface area (Å²) in [5, 5.41) is 5.45. The summed E-state index contributed by atoms with van der Waals surface area (Å²) in [5.41, 5.74) is 2.29. The van der Waals surface area contributed by atoms with Crippen LogP contribution in [0.3, 0.4) is 0 Å². The summed E-state index contributed by atoms with van der Waals surface area (Å²) in [4.78, 5) is 11.3. The molecule has 1 aromatic carbocycles. The molecular formula is C13H18N2O. The van der Waals surface area contributed by atoms with Crippen molar-refractivity contribution >= 4 is 6.03 Å². The lowest BCUT2D eigenvalue weighted by atomic mass is 10.1. The maximum absolute atomic E-state index is 11.3. The number of carbonyl (C=O) groups excluding carboxylic acids is 1. The molecule has 0 unspecified atom stereocenters. The van der Waals surface area contributed by atoms with Gasteiger partial charge < -0.3 is 10.6 Å². The minimum absolute atomic E-state index is 0.155. The fraction of sp³-hybridized carbons (Fsp3) is 0.308. The number of allylic oxidation sites excluding steroid dienone is 1. The fourth-order valence-electron chi connectivity index (χ4n) is 1.23. The van der Waals surface area contributed by atoms with Crippen LogP contribution in [-0.2, 0) is 6.42 Å². The van der Waals surface area contributed by atoms with E-state index < -0.39 is 0 Å². The van der Waals surface area contributed by atoms with Crippen molar-refractivity contribution < 1.29 is 4.79 Å². The standard InChI is InChI=1S/C13H18N2O/c1-11(2)10-15-13(16)14-9-8-12-6-4-3-5-7-12/h3-7,10H,8-9H2,1-2H3,(H2,14,15,16). The van der Waals surface area contributed by atoms with Crippen molar-refractivity contribution in [1.82, 2.24) is 10.6 Å².